The molecule has 0 saturated heterocycles. The van der Waals surface area contributed by atoms with Gasteiger partial charge < -0.3 is 10.2 Å². The highest BCUT2D eigenvalue weighted by Gasteiger charge is 2.08. The topological polar surface area (TPSA) is 77.8 Å². The molecular weight excluding hydrogens is 236 g/mol. The van der Waals surface area contributed by atoms with Crippen LogP contribution in [0.3, 0.4) is 0 Å². The predicted molar refractivity (Wildman–Crippen MR) is 64.6 cm³/mol. The van der Waals surface area contributed by atoms with Crippen LogP contribution in [-0.2, 0) is 0 Å². The fraction of sp³-hybridized carbons (Fsp3) is 0. The molecule has 84 valence electrons. The van der Waals surface area contributed by atoms with Crippen molar-refractivity contribution in [3.63, 3.8) is 0 Å². The molecule has 2 N–H and O–H groups in total. The van der Waals surface area contributed by atoms with Gasteiger partial charge in [0.05, 0.1) is 0 Å². The van der Waals surface area contributed by atoms with E-state index >= 15 is 0 Å². The maximum Gasteiger partial charge on any atom is 0.263 e. The molecule has 0 unspecified atom stereocenters. The summed E-state index contributed by atoms with van der Waals surface area (Å²) in [6.07, 6.45) is 1.62. The van der Waals surface area contributed by atoms with E-state index in [0.717, 1.165) is 10.5 Å². The van der Waals surface area contributed by atoms with E-state index in [4.69, 9.17) is 10.2 Å². The van der Waals surface area contributed by atoms with Crippen molar-refractivity contribution in [1.29, 1.82) is 0 Å². The summed E-state index contributed by atoms with van der Waals surface area (Å²) >= 11 is 1.33. The highest BCUT2D eigenvalue weighted by atomic mass is 32.2. The lowest BCUT2D eigenvalue weighted by atomic mass is 10.3. The molecule has 2 heterocycles. The van der Waals surface area contributed by atoms with Crippen LogP contribution in [-0.4, -0.2) is 15.2 Å². The summed E-state index contributed by atoms with van der Waals surface area (Å²) in [6, 6.07) is 9.03. The van der Waals surface area contributed by atoms with Gasteiger partial charge in [0.25, 0.3) is 5.22 Å². The molecule has 2 aromatic heterocycles. The molecule has 5 nitrogen and oxygen atoms in total. The van der Waals surface area contributed by atoms with Gasteiger partial charge in [-0.1, -0.05) is 0 Å². The smallest absolute Gasteiger partial charge is 0.263 e. The summed E-state index contributed by atoms with van der Waals surface area (Å²) in [5, 5.41) is 9.01. The minimum absolute atomic E-state index is 0.533. The van der Waals surface area contributed by atoms with Gasteiger partial charge in [0.15, 0.2) is 5.58 Å². The van der Waals surface area contributed by atoms with Crippen molar-refractivity contribution in [2.75, 3.05) is 5.73 Å². The van der Waals surface area contributed by atoms with Crippen LogP contribution in [0.25, 0.3) is 11.1 Å². The second kappa shape index (κ2) is 4.06. The quantitative estimate of drug-likeness (QED) is 0.697. The Morgan fingerprint density at radius 1 is 1.24 bits per heavy atom. The number of nitrogen functional groups attached to an aromatic ring is 1. The zero-order valence-corrected chi connectivity index (χ0v) is 9.52. The van der Waals surface area contributed by atoms with Crippen LogP contribution in [0.1, 0.15) is 0 Å². The van der Waals surface area contributed by atoms with Crippen molar-refractivity contribution in [1.82, 2.24) is 15.2 Å². The summed E-state index contributed by atoms with van der Waals surface area (Å²) in [4.78, 5) is 4.32. The molecule has 0 spiro atoms. The third-order valence-corrected chi connectivity index (χ3v) is 2.91. The van der Waals surface area contributed by atoms with E-state index in [9.17, 15) is 0 Å². The van der Waals surface area contributed by atoms with Crippen LogP contribution in [0.4, 0.5) is 5.69 Å². The lowest BCUT2D eigenvalue weighted by Crippen LogP contribution is -1.82. The van der Waals surface area contributed by atoms with Crippen molar-refractivity contribution in [3.05, 3.63) is 36.5 Å². The maximum absolute atomic E-state index is 5.67. The van der Waals surface area contributed by atoms with Crippen molar-refractivity contribution < 1.29 is 4.42 Å². The minimum Gasteiger partial charge on any atom is -0.431 e. The Labute approximate surface area is 101 Å². The van der Waals surface area contributed by atoms with Gasteiger partial charge in [0.1, 0.15) is 10.5 Å². The fourth-order valence-corrected chi connectivity index (χ4v) is 2.09. The number of nitrogens with two attached hydrogens (primary N) is 1. The van der Waals surface area contributed by atoms with E-state index in [1.165, 1.54) is 11.8 Å². The number of rotatable bonds is 2. The number of hydrogen-bond acceptors (Lipinski definition) is 6. The number of hydrogen-bond donors (Lipinski definition) is 1. The summed E-state index contributed by atoms with van der Waals surface area (Å²) in [6.45, 7) is 0. The van der Waals surface area contributed by atoms with Crippen LogP contribution in [0.15, 0.2) is 51.2 Å². The Bertz CT molecular complexity index is 653. The molecule has 0 amide bonds. The van der Waals surface area contributed by atoms with Crippen LogP contribution in [0, 0.1) is 0 Å². The van der Waals surface area contributed by atoms with Gasteiger partial charge in [-0.2, -0.15) is 5.10 Å². The van der Waals surface area contributed by atoms with Gasteiger partial charge in [0, 0.05) is 11.9 Å². The summed E-state index contributed by atoms with van der Waals surface area (Å²) in [7, 11) is 0. The summed E-state index contributed by atoms with van der Waals surface area (Å²) in [5.74, 6) is 0. The van der Waals surface area contributed by atoms with Crippen LogP contribution >= 0.6 is 11.8 Å². The molecule has 0 aliphatic carbocycles. The molecule has 0 atom stereocenters. The summed E-state index contributed by atoms with van der Waals surface area (Å²) in [5.41, 5.74) is 7.80. The first-order valence-electron chi connectivity index (χ1n) is 4.93. The largest absolute Gasteiger partial charge is 0.431 e. The molecule has 17 heavy (non-hydrogen) atoms. The molecule has 0 bridgehead atoms. The molecule has 3 rings (SSSR count). The van der Waals surface area contributed by atoms with E-state index in [-0.39, 0.29) is 0 Å². The molecule has 0 saturated carbocycles. The van der Waals surface area contributed by atoms with Gasteiger partial charge in [-0.15, -0.1) is 5.10 Å². The van der Waals surface area contributed by atoms with Gasteiger partial charge in [-0.25, -0.2) is 4.98 Å². The van der Waals surface area contributed by atoms with E-state index < -0.39 is 0 Å². The molecule has 6 heteroatoms. The van der Waals surface area contributed by atoms with E-state index in [1.54, 1.807) is 24.4 Å². The lowest BCUT2D eigenvalue weighted by Gasteiger charge is -1.91. The van der Waals surface area contributed by atoms with Gasteiger partial charge >= 0.3 is 0 Å². The van der Waals surface area contributed by atoms with Crippen LogP contribution < -0.4 is 5.73 Å². The first kappa shape index (κ1) is 10.1. The van der Waals surface area contributed by atoms with Gasteiger partial charge in [0.2, 0.25) is 0 Å². The SMILES string of the molecule is Nc1ccc2oc(Sc3cccnn3)nc2c1. The number of oxazole rings is 1. The average molecular weight is 244 g/mol. The third kappa shape index (κ3) is 2.07. The number of anilines is 1. The molecule has 0 radical (unpaired) electrons. The molecule has 0 fully saturated rings. The highest BCUT2D eigenvalue weighted by molar-refractivity contribution is 7.99. The first-order chi connectivity index (χ1) is 8.31. The standard InChI is InChI=1S/C11H8N4OS/c12-7-3-4-9-8(6-7)14-11(16-9)17-10-2-1-5-13-15-10/h1-6H,12H2. The molecular formula is C11H8N4OS. The Morgan fingerprint density at radius 2 is 2.18 bits per heavy atom. The Hall–Kier alpha value is -2.08. The Kier molecular flexibility index (Phi) is 2.41. The Morgan fingerprint density at radius 3 is 3.00 bits per heavy atom. The van der Waals surface area contributed by atoms with E-state index in [1.807, 2.05) is 12.1 Å². The second-order valence-electron chi connectivity index (χ2n) is 3.37. The molecule has 0 aliphatic rings. The second-order valence-corrected chi connectivity index (χ2v) is 4.34. The average Bonchev–Trinajstić information content (AvgIpc) is 2.71. The molecule has 1 aromatic carbocycles. The minimum atomic E-state index is 0.533. The predicted octanol–water partition coefficient (Wildman–Crippen LogP) is 2.35. The summed E-state index contributed by atoms with van der Waals surface area (Å²) < 4.78 is 5.56. The fourth-order valence-electron chi connectivity index (χ4n) is 1.40. The first-order valence-corrected chi connectivity index (χ1v) is 5.74. The molecule has 3 aromatic rings. The van der Waals surface area contributed by atoms with E-state index in [2.05, 4.69) is 15.2 Å². The zero-order chi connectivity index (χ0) is 11.7. The maximum atomic E-state index is 5.67. The monoisotopic (exact) mass is 244 g/mol. The van der Waals surface area contributed by atoms with Crippen molar-refractivity contribution in [3.8, 4) is 0 Å². The lowest BCUT2D eigenvalue weighted by molar-refractivity contribution is 0.489. The number of benzene rings is 1. The van der Waals surface area contributed by atoms with Crippen LogP contribution in [0.2, 0.25) is 0 Å². The Balaban J connectivity index is 1.96. The zero-order valence-electron chi connectivity index (χ0n) is 8.70. The van der Waals surface area contributed by atoms with Crippen molar-refractivity contribution in [2.24, 2.45) is 0 Å². The number of fused-ring (bicyclic) bond motifs is 1. The highest BCUT2D eigenvalue weighted by Crippen LogP contribution is 2.28. The third-order valence-electron chi connectivity index (χ3n) is 2.13. The number of nitrogens with zero attached hydrogens (tertiary/aromatic N) is 3. The number of aromatic nitrogens is 3. The van der Waals surface area contributed by atoms with E-state index in [0.29, 0.717) is 16.5 Å². The van der Waals surface area contributed by atoms with Crippen LogP contribution in [0.5, 0.6) is 0 Å². The van der Waals surface area contributed by atoms with Gasteiger partial charge in [-0.3, -0.25) is 0 Å². The normalized spacial score (nSPS) is 10.8. The van der Waals surface area contributed by atoms with Crippen molar-refractivity contribution in [2.45, 2.75) is 10.2 Å². The molecule has 0 aliphatic heterocycles. The van der Waals surface area contributed by atoms with Gasteiger partial charge in [-0.05, 0) is 42.1 Å². The van der Waals surface area contributed by atoms with Crippen molar-refractivity contribution >= 4 is 28.5 Å².